The lowest BCUT2D eigenvalue weighted by atomic mass is 9.81. The van der Waals surface area contributed by atoms with Gasteiger partial charge in [0, 0.05) is 25.2 Å². The Hall–Kier alpha value is -2.67. The van der Waals surface area contributed by atoms with Crippen LogP contribution in [-0.4, -0.2) is 40.9 Å². The predicted octanol–water partition coefficient (Wildman–Crippen LogP) is 3.01. The Morgan fingerprint density at radius 3 is 2.64 bits per heavy atom. The number of rotatable bonds is 5. The van der Waals surface area contributed by atoms with Crippen LogP contribution in [0.3, 0.4) is 0 Å². The van der Waals surface area contributed by atoms with Crippen molar-refractivity contribution in [3.8, 4) is 0 Å². The van der Waals surface area contributed by atoms with E-state index in [0.717, 1.165) is 18.4 Å². The summed E-state index contributed by atoms with van der Waals surface area (Å²) in [6.07, 6.45) is 2.45. The molecule has 2 fully saturated rings. The largest absolute Gasteiger partial charge is 0.481 e. The second-order valence-electron chi connectivity index (χ2n) is 7.59. The third-order valence-corrected chi connectivity index (χ3v) is 6.85. The van der Waals surface area contributed by atoms with E-state index in [1.165, 1.54) is 11.3 Å². The van der Waals surface area contributed by atoms with Gasteiger partial charge < -0.3 is 15.3 Å². The minimum Gasteiger partial charge on any atom is -0.481 e. The number of carboxylic acids is 1. The van der Waals surface area contributed by atoms with Gasteiger partial charge in [0.1, 0.15) is 0 Å². The van der Waals surface area contributed by atoms with Gasteiger partial charge in [-0.3, -0.25) is 14.4 Å². The van der Waals surface area contributed by atoms with Crippen molar-refractivity contribution in [3.63, 3.8) is 0 Å². The molecule has 28 heavy (non-hydrogen) atoms. The van der Waals surface area contributed by atoms with Gasteiger partial charge in [-0.2, -0.15) is 0 Å². The standard InChI is InChI=1S/C21H22N2O4S/c24-18(17-4-2-10-28-17)22-11-14-5-7-15(8-6-14)19(25)23-12-16-3-1-9-21(16,13-23)20(26)27/h2,4-8,10,16H,1,3,9,11-13H2,(H,22,24)(H,26,27)/t16-,21+/m0/s1. The van der Waals surface area contributed by atoms with Crippen LogP contribution in [0, 0.1) is 11.3 Å². The average Bonchev–Trinajstić information content (AvgIpc) is 3.41. The van der Waals surface area contributed by atoms with E-state index < -0.39 is 11.4 Å². The zero-order chi connectivity index (χ0) is 19.7. The van der Waals surface area contributed by atoms with Gasteiger partial charge in [-0.15, -0.1) is 11.3 Å². The highest BCUT2D eigenvalue weighted by Gasteiger charge is 2.55. The van der Waals surface area contributed by atoms with Crippen molar-refractivity contribution in [1.82, 2.24) is 10.2 Å². The zero-order valence-electron chi connectivity index (χ0n) is 15.4. The Morgan fingerprint density at radius 2 is 2.00 bits per heavy atom. The van der Waals surface area contributed by atoms with Gasteiger partial charge in [-0.25, -0.2) is 0 Å². The lowest BCUT2D eigenvalue weighted by molar-refractivity contribution is -0.149. The minimum atomic E-state index is -0.776. The van der Waals surface area contributed by atoms with Crippen molar-refractivity contribution in [3.05, 3.63) is 57.8 Å². The van der Waals surface area contributed by atoms with Crippen LogP contribution in [0.1, 0.15) is 44.9 Å². The van der Waals surface area contributed by atoms with Crippen molar-refractivity contribution in [1.29, 1.82) is 0 Å². The Balaban J connectivity index is 1.38. The van der Waals surface area contributed by atoms with Gasteiger partial charge in [-0.05, 0) is 47.9 Å². The molecule has 0 radical (unpaired) electrons. The fourth-order valence-electron chi connectivity index (χ4n) is 4.42. The summed E-state index contributed by atoms with van der Waals surface area (Å²) < 4.78 is 0. The van der Waals surface area contributed by atoms with E-state index in [4.69, 9.17) is 0 Å². The number of aliphatic carboxylic acids is 1. The SMILES string of the molecule is O=C(NCc1ccc(C(=O)N2C[C@@H]3CCC[C@@]3(C(=O)O)C2)cc1)c1cccs1. The van der Waals surface area contributed by atoms with Gasteiger partial charge in [0.25, 0.3) is 11.8 Å². The van der Waals surface area contributed by atoms with Crippen molar-refractivity contribution >= 4 is 29.1 Å². The molecular formula is C21H22N2O4S. The lowest BCUT2D eigenvalue weighted by Gasteiger charge is -2.23. The number of carbonyl (C=O) groups is 3. The number of hydrogen-bond donors (Lipinski definition) is 2. The molecule has 6 nitrogen and oxygen atoms in total. The lowest BCUT2D eigenvalue weighted by Crippen LogP contribution is -2.37. The number of benzene rings is 1. The van der Waals surface area contributed by atoms with Crippen molar-refractivity contribution in [2.24, 2.45) is 11.3 Å². The molecule has 2 amide bonds. The van der Waals surface area contributed by atoms with Crippen LogP contribution < -0.4 is 5.32 Å². The third-order valence-electron chi connectivity index (χ3n) is 5.98. The summed E-state index contributed by atoms with van der Waals surface area (Å²) in [5.41, 5.74) is 0.692. The fraction of sp³-hybridized carbons (Fsp3) is 0.381. The molecular weight excluding hydrogens is 376 g/mol. The number of likely N-dealkylation sites (tertiary alicyclic amines) is 1. The van der Waals surface area contributed by atoms with Crippen LogP contribution in [0.25, 0.3) is 0 Å². The maximum Gasteiger partial charge on any atom is 0.311 e. The van der Waals surface area contributed by atoms with Crippen molar-refractivity contribution in [2.45, 2.75) is 25.8 Å². The van der Waals surface area contributed by atoms with Gasteiger partial charge in [0.15, 0.2) is 0 Å². The first-order valence-electron chi connectivity index (χ1n) is 9.43. The van der Waals surface area contributed by atoms with Crippen LogP contribution in [-0.2, 0) is 11.3 Å². The number of hydrogen-bond acceptors (Lipinski definition) is 4. The highest BCUT2D eigenvalue weighted by Crippen LogP contribution is 2.49. The maximum absolute atomic E-state index is 12.8. The summed E-state index contributed by atoms with van der Waals surface area (Å²) in [4.78, 5) is 39.0. The smallest absolute Gasteiger partial charge is 0.311 e. The third kappa shape index (κ3) is 3.30. The number of nitrogens with one attached hydrogen (secondary N) is 1. The average molecular weight is 398 g/mol. The molecule has 2 atom stereocenters. The fourth-order valence-corrected chi connectivity index (χ4v) is 5.06. The quantitative estimate of drug-likeness (QED) is 0.811. The molecule has 7 heteroatoms. The Kier molecular flexibility index (Phi) is 4.93. The van der Waals surface area contributed by atoms with Crippen LogP contribution in [0.5, 0.6) is 0 Å². The number of nitrogens with zero attached hydrogens (tertiary/aromatic N) is 1. The number of thiophene rings is 1. The molecule has 1 saturated heterocycles. The summed E-state index contributed by atoms with van der Waals surface area (Å²) in [5, 5.41) is 14.4. The topological polar surface area (TPSA) is 86.7 Å². The molecule has 1 saturated carbocycles. The summed E-state index contributed by atoms with van der Waals surface area (Å²) in [7, 11) is 0. The number of carbonyl (C=O) groups excluding carboxylic acids is 2. The van der Waals surface area contributed by atoms with Crippen molar-refractivity contribution < 1.29 is 19.5 Å². The Labute approximate surface area is 167 Å². The highest BCUT2D eigenvalue weighted by atomic mass is 32.1. The van der Waals surface area contributed by atoms with Gasteiger partial charge >= 0.3 is 5.97 Å². The van der Waals surface area contributed by atoms with Gasteiger partial charge in [0.2, 0.25) is 0 Å². The first-order valence-corrected chi connectivity index (χ1v) is 10.3. The second kappa shape index (κ2) is 7.39. The molecule has 2 N–H and O–H groups in total. The van der Waals surface area contributed by atoms with Gasteiger partial charge in [-0.1, -0.05) is 24.6 Å². The molecule has 2 heterocycles. The Bertz CT molecular complexity index is 894. The minimum absolute atomic E-state index is 0.0562. The molecule has 1 aromatic carbocycles. The molecule has 1 aliphatic carbocycles. The van der Waals surface area contributed by atoms with Crippen LogP contribution in [0.2, 0.25) is 0 Å². The normalized spacial score (nSPS) is 23.4. The molecule has 2 aliphatic rings. The molecule has 4 rings (SSSR count). The molecule has 146 valence electrons. The zero-order valence-corrected chi connectivity index (χ0v) is 16.2. The van der Waals surface area contributed by atoms with Crippen molar-refractivity contribution in [2.75, 3.05) is 13.1 Å². The molecule has 0 bridgehead atoms. The predicted molar refractivity (Wildman–Crippen MR) is 105 cm³/mol. The van der Waals surface area contributed by atoms with Crippen LogP contribution >= 0.6 is 11.3 Å². The Morgan fingerprint density at radius 1 is 1.21 bits per heavy atom. The monoisotopic (exact) mass is 398 g/mol. The number of fused-ring (bicyclic) bond motifs is 1. The first kappa shape index (κ1) is 18.7. The first-order chi connectivity index (χ1) is 13.5. The second-order valence-corrected chi connectivity index (χ2v) is 8.54. The molecule has 0 unspecified atom stereocenters. The van der Waals surface area contributed by atoms with E-state index in [-0.39, 0.29) is 17.7 Å². The van der Waals surface area contributed by atoms with Crippen LogP contribution in [0.4, 0.5) is 0 Å². The van der Waals surface area contributed by atoms with E-state index in [2.05, 4.69) is 5.32 Å². The summed E-state index contributed by atoms with van der Waals surface area (Å²) in [6.45, 7) is 1.20. The van der Waals surface area contributed by atoms with E-state index >= 15 is 0 Å². The van der Waals surface area contributed by atoms with Gasteiger partial charge in [0.05, 0.1) is 10.3 Å². The molecule has 0 spiro atoms. The number of carboxylic acid groups (broad SMARTS) is 1. The summed E-state index contributed by atoms with van der Waals surface area (Å²) in [6, 6.07) is 10.8. The van der Waals surface area contributed by atoms with E-state index in [0.29, 0.717) is 36.5 Å². The molecule has 2 aromatic rings. The highest BCUT2D eigenvalue weighted by molar-refractivity contribution is 7.12. The van der Waals surface area contributed by atoms with E-state index in [9.17, 15) is 19.5 Å². The summed E-state index contributed by atoms with van der Waals surface area (Å²) in [5.74, 6) is -0.954. The number of amides is 2. The van der Waals surface area contributed by atoms with Crippen LogP contribution in [0.15, 0.2) is 41.8 Å². The molecule has 1 aromatic heterocycles. The van der Waals surface area contributed by atoms with E-state index in [1.54, 1.807) is 23.1 Å². The molecule has 1 aliphatic heterocycles. The van der Waals surface area contributed by atoms with E-state index in [1.807, 2.05) is 23.6 Å². The summed E-state index contributed by atoms with van der Waals surface area (Å²) >= 11 is 1.39. The maximum atomic E-state index is 12.8.